The summed E-state index contributed by atoms with van der Waals surface area (Å²) < 4.78 is 22.9. The molecule has 0 aliphatic carbocycles. The summed E-state index contributed by atoms with van der Waals surface area (Å²) >= 11 is 0. The van der Waals surface area contributed by atoms with Crippen LogP contribution >= 0.6 is 0 Å². The second kappa shape index (κ2) is 6.33. The van der Waals surface area contributed by atoms with E-state index in [0.29, 0.717) is 25.2 Å². The minimum atomic E-state index is -3.26. The molecule has 0 radical (unpaired) electrons. The number of carbonyl (C=O) groups is 2. The molecule has 3 rings (SSSR count). The summed E-state index contributed by atoms with van der Waals surface area (Å²) in [7, 11) is -1.44. The Morgan fingerprint density at radius 2 is 1.84 bits per heavy atom. The average Bonchev–Trinajstić information content (AvgIpc) is 2.98. The molecule has 2 saturated heterocycles. The Kier molecular flexibility index (Phi) is 4.49. The molecule has 0 aromatic heterocycles. The SMILES string of the molecule is CN1CCCC2(CCN(C(=O)Nc3ccc(S(C)(=O)=O)cc3)C2)C1=O. The van der Waals surface area contributed by atoms with Gasteiger partial charge in [-0.05, 0) is 43.5 Å². The summed E-state index contributed by atoms with van der Waals surface area (Å²) in [4.78, 5) is 28.6. The summed E-state index contributed by atoms with van der Waals surface area (Å²) in [6.45, 7) is 1.76. The zero-order valence-electron chi connectivity index (χ0n) is 14.5. The van der Waals surface area contributed by atoms with E-state index in [1.165, 1.54) is 12.1 Å². The van der Waals surface area contributed by atoms with Gasteiger partial charge < -0.3 is 15.1 Å². The van der Waals surface area contributed by atoms with Crippen LogP contribution in [0, 0.1) is 5.41 Å². The van der Waals surface area contributed by atoms with Crippen LogP contribution in [-0.4, -0.2) is 63.1 Å². The summed E-state index contributed by atoms with van der Waals surface area (Å²) in [5.74, 6) is 0.131. The Balaban J connectivity index is 1.66. The summed E-state index contributed by atoms with van der Waals surface area (Å²) in [6, 6.07) is 5.82. The highest BCUT2D eigenvalue weighted by Crippen LogP contribution is 2.39. The van der Waals surface area contributed by atoms with Gasteiger partial charge in [0, 0.05) is 38.6 Å². The number of anilines is 1. The van der Waals surface area contributed by atoms with Crippen LogP contribution in [0.4, 0.5) is 10.5 Å². The molecule has 1 atom stereocenters. The Bertz CT molecular complexity index is 791. The standard InChI is InChI=1S/C17H23N3O4S/c1-19-10-3-8-17(15(19)21)9-11-20(12-17)16(22)18-13-4-6-14(7-5-13)25(2,23)24/h4-7H,3,8-12H2,1-2H3,(H,18,22). The second-order valence-corrected chi connectivity index (χ2v) is 9.02. The minimum absolute atomic E-state index is 0.131. The number of piperidine rings is 1. The van der Waals surface area contributed by atoms with Crippen molar-refractivity contribution in [3.63, 3.8) is 0 Å². The number of nitrogens with zero attached hydrogens (tertiary/aromatic N) is 2. The highest BCUT2D eigenvalue weighted by molar-refractivity contribution is 7.90. The number of rotatable bonds is 2. The van der Waals surface area contributed by atoms with Gasteiger partial charge in [0.25, 0.3) is 0 Å². The first-order valence-electron chi connectivity index (χ1n) is 8.33. The predicted molar refractivity (Wildman–Crippen MR) is 94.1 cm³/mol. The van der Waals surface area contributed by atoms with Crippen molar-refractivity contribution in [2.24, 2.45) is 5.41 Å². The van der Waals surface area contributed by atoms with Crippen LogP contribution in [0.5, 0.6) is 0 Å². The maximum atomic E-state index is 12.5. The van der Waals surface area contributed by atoms with Crippen molar-refractivity contribution in [2.45, 2.75) is 24.2 Å². The zero-order valence-corrected chi connectivity index (χ0v) is 15.3. The van der Waals surface area contributed by atoms with Crippen molar-refractivity contribution in [1.82, 2.24) is 9.80 Å². The van der Waals surface area contributed by atoms with Gasteiger partial charge in [0.2, 0.25) is 5.91 Å². The smallest absolute Gasteiger partial charge is 0.321 e. The lowest BCUT2D eigenvalue weighted by Gasteiger charge is -2.37. The number of carbonyl (C=O) groups excluding carboxylic acids is 2. The average molecular weight is 365 g/mol. The first-order valence-corrected chi connectivity index (χ1v) is 10.2. The molecule has 1 N–H and O–H groups in total. The second-order valence-electron chi connectivity index (χ2n) is 7.01. The van der Waals surface area contributed by atoms with Crippen LogP contribution in [0.15, 0.2) is 29.2 Å². The van der Waals surface area contributed by atoms with Gasteiger partial charge in [0.15, 0.2) is 9.84 Å². The number of sulfone groups is 1. The molecule has 2 aliphatic heterocycles. The maximum absolute atomic E-state index is 12.5. The number of hydrogen-bond acceptors (Lipinski definition) is 4. The van der Waals surface area contributed by atoms with Gasteiger partial charge in [0.1, 0.15) is 0 Å². The number of likely N-dealkylation sites (tertiary alicyclic amines) is 2. The largest absolute Gasteiger partial charge is 0.345 e. The van der Waals surface area contributed by atoms with E-state index in [0.717, 1.165) is 25.6 Å². The monoisotopic (exact) mass is 365 g/mol. The zero-order chi connectivity index (χ0) is 18.2. The minimum Gasteiger partial charge on any atom is -0.345 e. The van der Waals surface area contributed by atoms with E-state index in [1.54, 1.807) is 21.9 Å². The molecule has 2 aliphatic rings. The molecule has 1 unspecified atom stereocenters. The molecular weight excluding hydrogens is 342 g/mol. The number of amides is 3. The normalized spacial score (nSPS) is 24.0. The lowest BCUT2D eigenvalue weighted by molar-refractivity contribution is -0.143. The Morgan fingerprint density at radius 3 is 2.48 bits per heavy atom. The number of nitrogens with one attached hydrogen (secondary N) is 1. The molecule has 0 saturated carbocycles. The van der Waals surface area contributed by atoms with E-state index >= 15 is 0 Å². The van der Waals surface area contributed by atoms with Crippen LogP contribution in [0.25, 0.3) is 0 Å². The van der Waals surface area contributed by atoms with Gasteiger partial charge in [-0.3, -0.25) is 4.79 Å². The van der Waals surface area contributed by atoms with Crippen LogP contribution in [0.2, 0.25) is 0 Å². The third kappa shape index (κ3) is 3.49. The topological polar surface area (TPSA) is 86.8 Å². The molecule has 2 heterocycles. The van der Waals surface area contributed by atoms with Crippen molar-refractivity contribution in [2.75, 3.05) is 38.3 Å². The first-order chi connectivity index (χ1) is 11.7. The summed E-state index contributed by atoms with van der Waals surface area (Å²) in [6.07, 6.45) is 3.62. The molecule has 1 aromatic rings. The molecular formula is C17H23N3O4S. The lowest BCUT2D eigenvalue weighted by atomic mass is 9.78. The highest BCUT2D eigenvalue weighted by atomic mass is 32.2. The molecule has 1 spiro atoms. The molecule has 8 heteroatoms. The van der Waals surface area contributed by atoms with E-state index in [9.17, 15) is 18.0 Å². The van der Waals surface area contributed by atoms with E-state index in [4.69, 9.17) is 0 Å². The third-order valence-corrected chi connectivity index (χ3v) is 6.25. The quantitative estimate of drug-likeness (QED) is 0.862. The number of benzene rings is 1. The van der Waals surface area contributed by atoms with Crippen molar-refractivity contribution >= 4 is 27.5 Å². The fourth-order valence-electron chi connectivity index (χ4n) is 3.68. The van der Waals surface area contributed by atoms with Crippen LogP contribution in [-0.2, 0) is 14.6 Å². The van der Waals surface area contributed by atoms with Gasteiger partial charge in [-0.25, -0.2) is 13.2 Å². The van der Waals surface area contributed by atoms with Crippen LogP contribution < -0.4 is 5.32 Å². The molecule has 25 heavy (non-hydrogen) atoms. The fourth-order valence-corrected chi connectivity index (χ4v) is 4.31. The lowest BCUT2D eigenvalue weighted by Crippen LogP contribution is -2.49. The molecule has 2 fully saturated rings. The molecule has 136 valence electrons. The fraction of sp³-hybridized carbons (Fsp3) is 0.529. The third-order valence-electron chi connectivity index (χ3n) is 5.12. The Hall–Kier alpha value is -2.09. The molecule has 7 nitrogen and oxygen atoms in total. The van der Waals surface area contributed by atoms with Gasteiger partial charge in [-0.2, -0.15) is 0 Å². The maximum Gasteiger partial charge on any atom is 0.321 e. The van der Waals surface area contributed by atoms with Crippen LogP contribution in [0.3, 0.4) is 0 Å². The van der Waals surface area contributed by atoms with Crippen molar-refractivity contribution in [3.05, 3.63) is 24.3 Å². The molecule has 3 amide bonds. The van der Waals surface area contributed by atoms with Crippen LogP contribution in [0.1, 0.15) is 19.3 Å². The van der Waals surface area contributed by atoms with Crippen molar-refractivity contribution in [1.29, 1.82) is 0 Å². The Labute approximate surface area is 147 Å². The van der Waals surface area contributed by atoms with E-state index < -0.39 is 15.3 Å². The van der Waals surface area contributed by atoms with Gasteiger partial charge in [-0.1, -0.05) is 0 Å². The number of hydrogen-bond donors (Lipinski definition) is 1. The highest BCUT2D eigenvalue weighted by Gasteiger charge is 2.48. The molecule has 1 aromatic carbocycles. The van der Waals surface area contributed by atoms with E-state index in [-0.39, 0.29) is 16.8 Å². The van der Waals surface area contributed by atoms with Gasteiger partial charge in [-0.15, -0.1) is 0 Å². The van der Waals surface area contributed by atoms with E-state index in [2.05, 4.69) is 5.32 Å². The van der Waals surface area contributed by atoms with E-state index in [1.807, 2.05) is 7.05 Å². The molecule has 0 bridgehead atoms. The Morgan fingerprint density at radius 1 is 1.16 bits per heavy atom. The van der Waals surface area contributed by atoms with Gasteiger partial charge >= 0.3 is 6.03 Å². The predicted octanol–water partition coefficient (Wildman–Crippen LogP) is 1.57. The number of urea groups is 1. The van der Waals surface area contributed by atoms with Crippen molar-refractivity contribution in [3.8, 4) is 0 Å². The summed E-state index contributed by atoms with van der Waals surface area (Å²) in [5.41, 5.74) is 0.0928. The van der Waals surface area contributed by atoms with Gasteiger partial charge in [0.05, 0.1) is 10.3 Å². The summed E-state index contributed by atoms with van der Waals surface area (Å²) in [5, 5.41) is 2.78. The van der Waals surface area contributed by atoms with Crippen molar-refractivity contribution < 1.29 is 18.0 Å². The first kappa shape index (κ1) is 17.7.